The maximum absolute atomic E-state index is 3.58. The van der Waals surface area contributed by atoms with E-state index in [0.29, 0.717) is 12.0 Å². The molecule has 1 nitrogen and oxygen atoms in total. The molecule has 1 rings (SSSR count). The van der Waals surface area contributed by atoms with Crippen molar-refractivity contribution in [2.24, 2.45) is 5.92 Å². The van der Waals surface area contributed by atoms with E-state index in [1.165, 1.54) is 22.0 Å². The Morgan fingerprint density at radius 1 is 1.31 bits per heavy atom. The van der Waals surface area contributed by atoms with Gasteiger partial charge in [-0.3, -0.25) is 0 Å². The second kappa shape index (κ2) is 6.41. The van der Waals surface area contributed by atoms with Crippen LogP contribution in [0.15, 0.2) is 22.7 Å². The molecular weight excluding hydrogens is 262 g/mol. The summed E-state index contributed by atoms with van der Waals surface area (Å²) in [7, 11) is 0. The molecular formula is C14H22BrN. The van der Waals surface area contributed by atoms with Gasteiger partial charge in [-0.2, -0.15) is 0 Å². The Morgan fingerprint density at radius 3 is 2.50 bits per heavy atom. The summed E-state index contributed by atoms with van der Waals surface area (Å²) in [6, 6.07) is 7.12. The van der Waals surface area contributed by atoms with Crippen molar-refractivity contribution in [1.82, 2.24) is 5.32 Å². The van der Waals surface area contributed by atoms with E-state index in [9.17, 15) is 0 Å². The Balaban J connectivity index is 2.96. The van der Waals surface area contributed by atoms with Crippen molar-refractivity contribution in [2.45, 2.75) is 40.2 Å². The van der Waals surface area contributed by atoms with Gasteiger partial charge in [-0.25, -0.2) is 0 Å². The maximum atomic E-state index is 3.58. The van der Waals surface area contributed by atoms with Gasteiger partial charge in [0.2, 0.25) is 0 Å². The second-order valence-corrected chi connectivity index (χ2v) is 5.28. The fourth-order valence-electron chi connectivity index (χ4n) is 1.96. The molecule has 0 aliphatic heterocycles. The van der Waals surface area contributed by atoms with Crippen LogP contribution in [0.1, 0.15) is 44.4 Å². The van der Waals surface area contributed by atoms with Gasteiger partial charge in [0.05, 0.1) is 0 Å². The smallest absolute Gasteiger partial charge is 0.0345 e. The van der Waals surface area contributed by atoms with Gasteiger partial charge in [-0.05, 0) is 36.6 Å². The Morgan fingerprint density at radius 2 is 2.00 bits per heavy atom. The Labute approximate surface area is 108 Å². The highest BCUT2D eigenvalue weighted by Crippen LogP contribution is 2.27. The number of nitrogens with one attached hydrogen (secondary N) is 1. The largest absolute Gasteiger partial charge is 0.310 e. The molecule has 0 amide bonds. The highest BCUT2D eigenvalue weighted by molar-refractivity contribution is 9.10. The van der Waals surface area contributed by atoms with Crippen LogP contribution in [-0.4, -0.2) is 6.54 Å². The van der Waals surface area contributed by atoms with Crippen molar-refractivity contribution in [3.05, 3.63) is 33.8 Å². The first-order valence-corrected chi connectivity index (χ1v) is 6.88. The summed E-state index contributed by atoms with van der Waals surface area (Å²) in [6.45, 7) is 9.89. The van der Waals surface area contributed by atoms with Gasteiger partial charge in [-0.15, -0.1) is 0 Å². The summed E-state index contributed by atoms with van der Waals surface area (Å²) in [6.07, 6.45) is 1.20. The first-order valence-electron chi connectivity index (χ1n) is 6.09. The summed E-state index contributed by atoms with van der Waals surface area (Å²) in [5, 5.41) is 3.58. The Kier molecular flexibility index (Phi) is 5.50. The lowest BCUT2D eigenvalue weighted by atomic mass is 9.91. The molecule has 1 N–H and O–H groups in total. The summed E-state index contributed by atoms with van der Waals surface area (Å²) in [5.74, 6) is 0.667. The van der Waals surface area contributed by atoms with Gasteiger partial charge in [0.15, 0.2) is 0 Å². The number of aryl methyl sites for hydroxylation is 1. The van der Waals surface area contributed by atoms with Crippen LogP contribution in [0.2, 0.25) is 0 Å². The highest BCUT2D eigenvalue weighted by Gasteiger charge is 2.16. The molecule has 0 aromatic heterocycles. The number of benzene rings is 1. The van der Waals surface area contributed by atoms with E-state index in [1.54, 1.807) is 0 Å². The van der Waals surface area contributed by atoms with Crippen LogP contribution in [0.5, 0.6) is 0 Å². The monoisotopic (exact) mass is 283 g/mol. The quantitative estimate of drug-likeness (QED) is 0.842. The summed E-state index contributed by atoms with van der Waals surface area (Å²) < 4.78 is 1.19. The molecule has 1 aromatic carbocycles. The van der Waals surface area contributed by atoms with Crippen LogP contribution in [0.3, 0.4) is 0 Å². The molecule has 0 spiro atoms. The third kappa shape index (κ3) is 3.33. The van der Waals surface area contributed by atoms with E-state index in [1.807, 2.05) is 0 Å². The summed E-state index contributed by atoms with van der Waals surface area (Å²) in [5.41, 5.74) is 2.71. The van der Waals surface area contributed by atoms with Crippen molar-refractivity contribution >= 4 is 15.9 Å². The Hall–Kier alpha value is -0.340. The predicted molar refractivity (Wildman–Crippen MR) is 74.8 cm³/mol. The molecule has 2 heteroatoms. The predicted octanol–water partition coefficient (Wildman–Crippen LogP) is 4.45. The number of rotatable bonds is 5. The van der Waals surface area contributed by atoms with Crippen molar-refractivity contribution in [2.75, 3.05) is 6.54 Å². The van der Waals surface area contributed by atoms with E-state index < -0.39 is 0 Å². The van der Waals surface area contributed by atoms with E-state index in [4.69, 9.17) is 0 Å². The number of hydrogen-bond acceptors (Lipinski definition) is 1. The molecule has 0 radical (unpaired) electrons. The summed E-state index contributed by atoms with van der Waals surface area (Å²) in [4.78, 5) is 0. The lowest BCUT2D eigenvalue weighted by Gasteiger charge is -2.25. The van der Waals surface area contributed by atoms with Crippen LogP contribution < -0.4 is 5.32 Å². The minimum Gasteiger partial charge on any atom is -0.310 e. The van der Waals surface area contributed by atoms with Crippen molar-refractivity contribution in [3.63, 3.8) is 0 Å². The lowest BCUT2D eigenvalue weighted by molar-refractivity contribution is 0.384. The first-order chi connectivity index (χ1) is 7.60. The van der Waals surface area contributed by atoms with Gasteiger partial charge >= 0.3 is 0 Å². The van der Waals surface area contributed by atoms with Gasteiger partial charge in [-0.1, -0.05) is 55.3 Å². The van der Waals surface area contributed by atoms with E-state index >= 15 is 0 Å². The molecule has 90 valence electrons. The third-order valence-electron chi connectivity index (χ3n) is 3.18. The van der Waals surface area contributed by atoms with Crippen LogP contribution in [0, 0.1) is 12.8 Å². The average Bonchev–Trinajstić information content (AvgIpc) is 2.29. The van der Waals surface area contributed by atoms with Gasteiger partial charge in [0, 0.05) is 10.5 Å². The van der Waals surface area contributed by atoms with Gasteiger partial charge in [0.25, 0.3) is 0 Å². The molecule has 2 atom stereocenters. The van der Waals surface area contributed by atoms with Crippen LogP contribution in [-0.2, 0) is 0 Å². The summed E-state index contributed by atoms with van der Waals surface area (Å²) >= 11 is 3.55. The lowest BCUT2D eigenvalue weighted by Crippen LogP contribution is -2.26. The van der Waals surface area contributed by atoms with Crippen molar-refractivity contribution in [3.8, 4) is 0 Å². The highest BCUT2D eigenvalue weighted by atomic mass is 79.9. The normalized spacial score (nSPS) is 14.8. The maximum Gasteiger partial charge on any atom is 0.0345 e. The van der Waals surface area contributed by atoms with Gasteiger partial charge < -0.3 is 5.32 Å². The zero-order valence-corrected chi connectivity index (χ0v) is 12.3. The van der Waals surface area contributed by atoms with E-state index in [0.717, 1.165) is 6.54 Å². The molecule has 0 saturated heterocycles. The van der Waals surface area contributed by atoms with Gasteiger partial charge in [0.1, 0.15) is 0 Å². The Bertz CT molecular complexity index is 336. The molecule has 16 heavy (non-hydrogen) atoms. The average molecular weight is 284 g/mol. The van der Waals surface area contributed by atoms with Crippen LogP contribution in [0.4, 0.5) is 0 Å². The third-order valence-corrected chi connectivity index (χ3v) is 4.07. The molecule has 0 aliphatic carbocycles. The fourth-order valence-corrected chi connectivity index (χ4v) is 2.21. The topological polar surface area (TPSA) is 12.0 Å². The van der Waals surface area contributed by atoms with Crippen LogP contribution >= 0.6 is 15.9 Å². The fraction of sp³-hybridized carbons (Fsp3) is 0.571. The zero-order chi connectivity index (χ0) is 12.1. The first kappa shape index (κ1) is 13.7. The van der Waals surface area contributed by atoms with E-state index in [2.05, 4.69) is 67.1 Å². The van der Waals surface area contributed by atoms with E-state index in [-0.39, 0.29) is 0 Å². The molecule has 0 fully saturated rings. The molecule has 0 heterocycles. The van der Waals surface area contributed by atoms with Crippen molar-refractivity contribution in [1.29, 1.82) is 0 Å². The molecule has 0 saturated carbocycles. The minimum absolute atomic E-state index is 0.474. The van der Waals surface area contributed by atoms with Crippen molar-refractivity contribution < 1.29 is 0 Å². The SMILES string of the molecule is CCNC(c1ccc(Br)c(C)c1)C(C)CC. The second-order valence-electron chi connectivity index (χ2n) is 4.43. The number of halogens is 1. The minimum atomic E-state index is 0.474. The molecule has 2 unspecified atom stereocenters. The zero-order valence-electron chi connectivity index (χ0n) is 10.7. The molecule has 1 aromatic rings. The number of hydrogen-bond donors (Lipinski definition) is 1. The molecule has 0 bridgehead atoms. The van der Waals surface area contributed by atoms with Crippen LogP contribution in [0.25, 0.3) is 0 Å². The molecule has 0 aliphatic rings. The standard InChI is InChI=1S/C14H22BrN/c1-5-10(3)14(16-6-2)12-7-8-13(15)11(4)9-12/h7-10,14,16H,5-6H2,1-4H3.